The number of ether oxygens (including phenoxy) is 8. The van der Waals surface area contributed by atoms with Crippen LogP contribution >= 0.6 is 0 Å². The van der Waals surface area contributed by atoms with Crippen molar-refractivity contribution in [1.82, 2.24) is 0 Å². The van der Waals surface area contributed by atoms with Gasteiger partial charge in [-0.25, -0.2) is 0 Å². The van der Waals surface area contributed by atoms with E-state index in [1.807, 2.05) is 0 Å². The summed E-state index contributed by atoms with van der Waals surface area (Å²) in [5.74, 6) is 0. The molecule has 0 aromatic heterocycles. The number of aliphatic hydroxyl groups excluding tert-OH is 2. The van der Waals surface area contributed by atoms with Crippen molar-refractivity contribution in [2.45, 2.75) is 19.4 Å². The van der Waals surface area contributed by atoms with Crippen LogP contribution in [0.1, 0.15) is 13.3 Å². The molecular weight excluding hydrogens is 400 g/mol. The highest BCUT2D eigenvalue weighted by Crippen LogP contribution is 1.94. The Morgan fingerprint density at radius 2 is 0.900 bits per heavy atom. The fraction of sp³-hybridized carbons (Fsp3) is 1.00. The molecule has 0 aromatic rings. The highest BCUT2D eigenvalue weighted by atomic mass is 16.6. The summed E-state index contributed by atoms with van der Waals surface area (Å²) < 4.78 is 42.8. The van der Waals surface area contributed by atoms with Gasteiger partial charge in [0, 0.05) is 6.61 Å². The molecule has 0 radical (unpaired) electrons. The fourth-order valence-corrected chi connectivity index (χ4v) is 2.05. The van der Waals surface area contributed by atoms with Crippen molar-refractivity contribution in [3.63, 3.8) is 0 Å². The van der Waals surface area contributed by atoms with Crippen molar-refractivity contribution in [2.75, 3.05) is 112 Å². The second-order valence-electron chi connectivity index (χ2n) is 6.15. The lowest BCUT2D eigenvalue weighted by molar-refractivity contribution is -0.0710. The third-order valence-electron chi connectivity index (χ3n) is 3.53. The monoisotopic (exact) mass is 442 g/mol. The second-order valence-corrected chi connectivity index (χ2v) is 6.15. The summed E-state index contributed by atoms with van der Waals surface area (Å²) in [6, 6.07) is 0. The maximum Gasteiger partial charge on any atom is 0.104 e. The van der Waals surface area contributed by atoms with E-state index in [-0.39, 0.29) is 19.3 Å². The molecule has 2 N–H and O–H groups in total. The molecule has 30 heavy (non-hydrogen) atoms. The minimum absolute atomic E-state index is 0.0182. The maximum absolute atomic E-state index is 9.32. The molecule has 10 nitrogen and oxygen atoms in total. The van der Waals surface area contributed by atoms with Gasteiger partial charge in [0.25, 0.3) is 0 Å². The Morgan fingerprint density at radius 3 is 1.33 bits per heavy atom. The Balaban J connectivity index is 3.27. The molecule has 0 aliphatic heterocycles. The Kier molecular flexibility index (Phi) is 26.3. The molecule has 10 heteroatoms. The lowest BCUT2D eigenvalue weighted by atomic mass is 10.4. The summed E-state index contributed by atoms with van der Waals surface area (Å²) in [4.78, 5) is 0. The Morgan fingerprint density at radius 1 is 0.500 bits per heavy atom. The zero-order valence-electron chi connectivity index (χ0n) is 18.5. The highest BCUT2D eigenvalue weighted by molar-refractivity contribution is 4.53. The van der Waals surface area contributed by atoms with Gasteiger partial charge in [-0.1, -0.05) is 6.92 Å². The smallest absolute Gasteiger partial charge is 0.104 e. The van der Waals surface area contributed by atoms with Crippen LogP contribution in [0.25, 0.3) is 0 Å². The summed E-state index contributed by atoms with van der Waals surface area (Å²) in [7, 11) is 0. The Hall–Kier alpha value is -0.400. The second kappa shape index (κ2) is 26.6. The average molecular weight is 443 g/mol. The van der Waals surface area contributed by atoms with Crippen LogP contribution in [0.5, 0.6) is 0 Å². The zero-order valence-corrected chi connectivity index (χ0v) is 18.5. The number of aliphatic hydroxyl groups is 2. The van der Waals surface area contributed by atoms with E-state index in [1.165, 1.54) is 0 Å². The Labute approximate surface area is 180 Å². The van der Waals surface area contributed by atoms with E-state index in [9.17, 15) is 5.11 Å². The zero-order chi connectivity index (χ0) is 22.0. The van der Waals surface area contributed by atoms with Crippen LogP contribution in [0.4, 0.5) is 0 Å². The summed E-state index contributed by atoms with van der Waals surface area (Å²) in [6.45, 7) is 9.07. The standard InChI is InChI=1S/C20H42O10/c1-2-4-23-6-8-25-12-13-28-16-17-30-20(18-22)19-29-15-14-27-11-10-26-9-7-24-5-3-21/h20-22H,2-19H2,1H3. The first-order valence-electron chi connectivity index (χ1n) is 10.7. The molecular formula is C20H42O10. The van der Waals surface area contributed by atoms with Crippen LogP contribution in [-0.2, 0) is 37.9 Å². The summed E-state index contributed by atoms with van der Waals surface area (Å²) >= 11 is 0. The number of hydrogen-bond acceptors (Lipinski definition) is 10. The lowest BCUT2D eigenvalue weighted by Crippen LogP contribution is -2.27. The van der Waals surface area contributed by atoms with Crippen LogP contribution in [0.2, 0.25) is 0 Å². The third kappa shape index (κ3) is 23.9. The first-order chi connectivity index (χ1) is 14.8. The molecule has 1 unspecified atom stereocenters. The first kappa shape index (κ1) is 29.6. The normalized spacial score (nSPS) is 12.5. The summed E-state index contributed by atoms with van der Waals surface area (Å²) in [5.41, 5.74) is 0. The van der Waals surface area contributed by atoms with Crippen molar-refractivity contribution in [3.05, 3.63) is 0 Å². The molecule has 1 atom stereocenters. The Bertz CT molecular complexity index is 309. The molecule has 182 valence electrons. The molecule has 0 saturated heterocycles. The van der Waals surface area contributed by atoms with E-state index in [4.69, 9.17) is 43.0 Å². The van der Waals surface area contributed by atoms with Gasteiger partial charge < -0.3 is 48.1 Å². The molecule has 0 aliphatic carbocycles. The van der Waals surface area contributed by atoms with Crippen molar-refractivity contribution in [1.29, 1.82) is 0 Å². The lowest BCUT2D eigenvalue weighted by Gasteiger charge is -2.16. The first-order valence-corrected chi connectivity index (χ1v) is 10.7. The molecule has 0 saturated carbocycles. The van der Waals surface area contributed by atoms with Crippen LogP contribution < -0.4 is 0 Å². The minimum atomic E-state index is -0.386. The predicted octanol–water partition coefficient (Wildman–Crippen LogP) is -0.118. The van der Waals surface area contributed by atoms with Crippen LogP contribution in [-0.4, -0.2) is 129 Å². The van der Waals surface area contributed by atoms with Crippen LogP contribution in [0, 0.1) is 0 Å². The van der Waals surface area contributed by atoms with Crippen LogP contribution in [0.3, 0.4) is 0 Å². The largest absolute Gasteiger partial charge is 0.394 e. The molecule has 0 heterocycles. The number of rotatable bonds is 26. The molecule has 0 aliphatic rings. The van der Waals surface area contributed by atoms with Gasteiger partial charge in [-0.15, -0.1) is 0 Å². The molecule has 0 spiro atoms. The van der Waals surface area contributed by atoms with Gasteiger partial charge in [0.05, 0.1) is 106 Å². The fourth-order valence-electron chi connectivity index (χ4n) is 2.05. The molecule has 0 bridgehead atoms. The summed E-state index contributed by atoms with van der Waals surface area (Å²) in [6.07, 6.45) is 0.624. The van der Waals surface area contributed by atoms with E-state index >= 15 is 0 Å². The van der Waals surface area contributed by atoms with Gasteiger partial charge in [-0.2, -0.15) is 0 Å². The molecule has 0 fully saturated rings. The summed E-state index contributed by atoms with van der Waals surface area (Å²) in [5, 5.41) is 17.9. The SMILES string of the molecule is CCCOCCOCCOCCOC(CO)COCCOCCOCCOCCO. The van der Waals surface area contributed by atoms with Crippen molar-refractivity contribution >= 4 is 0 Å². The van der Waals surface area contributed by atoms with Gasteiger partial charge in [0.2, 0.25) is 0 Å². The topological polar surface area (TPSA) is 114 Å². The molecule has 0 rings (SSSR count). The van der Waals surface area contributed by atoms with Crippen molar-refractivity contribution in [2.24, 2.45) is 0 Å². The highest BCUT2D eigenvalue weighted by Gasteiger charge is 2.07. The predicted molar refractivity (Wildman–Crippen MR) is 110 cm³/mol. The molecule has 0 amide bonds. The van der Waals surface area contributed by atoms with E-state index < -0.39 is 0 Å². The van der Waals surface area contributed by atoms with Crippen molar-refractivity contribution in [3.8, 4) is 0 Å². The minimum Gasteiger partial charge on any atom is -0.394 e. The van der Waals surface area contributed by atoms with Gasteiger partial charge in [0.15, 0.2) is 0 Å². The van der Waals surface area contributed by atoms with E-state index in [2.05, 4.69) is 6.92 Å². The van der Waals surface area contributed by atoms with Gasteiger partial charge >= 0.3 is 0 Å². The van der Waals surface area contributed by atoms with E-state index in [0.717, 1.165) is 13.0 Å². The van der Waals surface area contributed by atoms with E-state index in [0.29, 0.717) is 92.5 Å². The van der Waals surface area contributed by atoms with Crippen molar-refractivity contribution < 1.29 is 48.1 Å². The number of hydrogen-bond donors (Lipinski definition) is 2. The van der Waals surface area contributed by atoms with Gasteiger partial charge in [-0.05, 0) is 6.42 Å². The van der Waals surface area contributed by atoms with Gasteiger partial charge in [-0.3, -0.25) is 0 Å². The molecule has 0 aromatic carbocycles. The maximum atomic E-state index is 9.32. The third-order valence-corrected chi connectivity index (χ3v) is 3.53. The quantitative estimate of drug-likeness (QED) is 0.176. The van der Waals surface area contributed by atoms with E-state index in [1.54, 1.807) is 0 Å². The van der Waals surface area contributed by atoms with Crippen LogP contribution in [0.15, 0.2) is 0 Å². The van der Waals surface area contributed by atoms with Gasteiger partial charge in [0.1, 0.15) is 6.10 Å². The average Bonchev–Trinajstić information content (AvgIpc) is 2.76.